The zero-order chi connectivity index (χ0) is 14.1. The Kier molecular flexibility index (Phi) is 3.82. The average Bonchev–Trinajstić information content (AvgIpc) is 2.43. The van der Waals surface area contributed by atoms with Gasteiger partial charge in [-0.25, -0.2) is 0 Å². The van der Waals surface area contributed by atoms with E-state index in [1.165, 1.54) is 27.8 Å². The number of rotatable bonds is 2. The van der Waals surface area contributed by atoms with Crippen molar-refractivity contribution in [2.45, 2.75) is 33.4 Å². The summed E-state index contributed by atoms with van der Waals surface area (Å²) in [6.45, 7) is 7.47. The van der Waals surface area contributed by atoms with Crippen molar-refractivity contribution in [3.63, 3.8) is 0 Å². The summed E-state index contributed by atoms with van der Waals surface area (Å²) >= 11 is 6.26. The molecule has 2 aromatic rings. The minimum atomic E-state index is 0.874. The molecular formula is C18H20ClN. The highest BCUT2D eigenvalue weighted by molar-refractivity contribution is 6.31. The van der Waals surface area contributed by atoms with Crippen LogP contribution in [0.1, 0.15) is 27.8 Å². The first kappa shape index (κ1) is 13.7. The van der Waals surface area contributed by atoms with Crippen LogP contribution in [0, 0.1) is 13.8 Å². The predicted molar refractivity (Wildman–Crippen MR) is 85.2 cm³/mol. The number of fused-ring (bicyclic) bond motifs is 1. The molecule has 0 amide bonds. The van der Waals surface area contributed by atoms with Gasteiger partial charge in [0.25, 0.3) is 0 Å². The minimum Gasteiger partial charge on any atom is -0.294 e. The van der Waals surface area contributed by atoms with Crippen LogP contribution in [0.2, 0.25) is 5.02 Å². The van der Waals surface area contributed by atoms with Gasteiger partial charge in [0, 0.05) is 24.7 Å². The molecule has 20 heavy (non-hydrogen) atoms. The molecule has 1 aliphatic rings. The van der Waals surface area contributed by atoms with Crippen molar-refractivity contribution >= 4 is 11.6 Å². The zero-order valence-electron chi connectivity index (χ0n) is 12.1. The number of hydrogen-bond donors (Lipinski definition) is 0. The molecule has 0 N–H and O–H groups in total. The van der Waals surface area contributed by atoms with Crippen molar-refractivity contribution < 1.29 is 0 Å². The maximum Gasteiger partial charge on any atom is 0.0451 e. The summed E-state index contributed by atoms with van der Waals surface area (Å²) in [5.74, 6) is 0. The number of hydrogen-bond acceptors (Lipinski definition) is 1. The molecule has 0 unspecified atom stereocenters. The number of aryl methyl sites for hydroxylation is 2. The first-order valence-electron chi connectivity index (χ1n) is 7.18. The third-order valence-electron chi connectivity index (χ3n) is 4.26. The van der Waals surface area contributed by atoms with Gasteiger partial charge in [-0.05, 0) is 54.2 Å². The van der Waals surface area contributed by atoms with Crippen LogP contribution in [0.25, 0.3) is 0 Å². The fraction of sp³-hybridized carbons (Fsp3) is 0.333. The van der Waals surface area contributed by atoms with Crippen molar-refractivity contribution in [3.8, 4) is 0 Å². The van der Waals surface area contributed by atoms with E-state index in [9.17, 15) is 0 Å². The predicted octanol–water partition coefficient (Wildman–Crippen LogP) is 4.52. The summed E-state index contributed by atoms with van der Waals surface area (Å²) in [4.78, 5) is 2.48. The molecule has 0 saturated heterocycles. The minimum absolute atomic E-state index is 0.874. The summed E-state index contributed by atoms with van der Waals surface area (Å²) in [7, 11) is 0. The van der Waals surface area contributed by atoms with Gasteiger partial charge in [-0.15, -0.1) is 0 Å². The lowest BCUT2D eigenvalue weighted by Gasteiger charge is -2.29. The molecule has 0 radical (unpaired) electrons. The molecular weight excluding hydrogens is 266 g/mol. The fourth-order valence-corrected chi connectivity index (χ4v) is 3.11. The SMILES string of the molecule is Cc1cc2c(cc1C)CN(Cc1ccccc1Cl)CC2. The summed E-state index contributed by atoms with van der Waals surface area (Å²) < 4.78 is 0. The molecule has 0 spiro atoms. The van der Waals surface area contributed by atoms with Gasteiger partial charge in [-0.2, -0.15) is 0 Å². The van der Waals surface area contributed by atoms with Crippen LogP contribution in [0.4, 0.5) is 0 Å². The van der Waals surface area contributed by atoms with Crippen LogP contribution in [0.15, 0.2) is 36.4 Å². The van der Waals surface area contributed by atoms with Crippen molar-refractivity contribution in [2.24, 2.45) is 0 Å². The summed E-state index contributed by atoms with van der Waals surface area (Å²) in [5.41, 5.74) is 7.02. The van der Waals surface area contributed by atoms with E-state index in [0.29, 0.717) is 0 Å². The second kappa shape index (κ2) is 5.59. The smallest absolute Gasteiger partial charge is 0.0451 e. The summed E-state index contributed by atoms with van der Waals surface area (Å²) in [6, 6.07) is 12.9. The van der Waals surface area contributed by atoms with Crippen molar-refractivity contribution in [1.29, 1.82) is 0 Å². The van der Waals surface area contributed by atoms with E-state index in [4.69, 9.17) is 11.6 Å². The molecule has 2 heteroatoms. The Labute approximate surface area is 126 Å². The molecule has 1 heterocycles. The van der Waals surface area contributed by atoms with Crippen LogP contribution in [-0.4, -0.2) is 11.4 Å². The Morgan fingerprint density at radius 2 is 1.75 bits per heavy atom. The van der Waals surface area contributed by atoms with Gasteiger partial charge >= 0.3 is 0 Å². The second-order valence-corrected chi connectivity index (χ2v) is 6.16. The summed E-state index contributed by atoms with van der Waals surface area (Å²) in [6.07, 6.45) is 1.14. The van der Waals surface area contributed by atoms with E-state index in [-0.39, 0.29) is 0 Å². The van der Waals surface area contributed by atoms with E-state index < -0.39 is 0 Å². The lowest BCUT2D eigenvalue weighted by molar-refractivity contribution is 0.245. The van der Waals surface area contributed by atoms with Crippen LogP contribution in [0.5, 0.6) is 0 Å². The first-order chi connectivity index (χ1) is 9.63. The normalized spacial score (nSPS) is 15.2. The third kappa shape index (κ3) is 2.74. The van der Waals surface area contributed by atoms with E-state index in [1.807, 2.05) is 12.1 Å². The van der Waals surface area contributed by atoms with E-state index in [1.54, 1.807) is 0 Å². The molecule has 0 saturated carbocycles. The first-order valence-corrected chi connectivity index (χ1v) is 7.56. The topological polar surface area (TPSA) is 3.24 Å². The van der Waals surface area contributed by atoms with Crippen LogP contribution >= 0.6 is 11.6 Å². The molecule has 0 atom stereocenters. The maximum atomic E-state index is 6.26. The van der Waals surface area contributed by atoms with Crippen molar-refractivity contribution in [1.82, 2.24) is 4.90 Å². The van der Waals surface area contributed by atoms with Crippen molar-refractivity contribution in [2.75, 3.05) is 6.54 Å². The number of nitrogens with zero attached hydrogens (tertiary/aromatic N) is 1. The molecule has 104 valence electrons. The fourth-order valence-electron chi connectivity index (χ4n) is 2.92. The highest BCUT2D eigenvalue weighted by Gasteiger charge is 2.17. The second-order valence-electron chi connectivity index (χ2n) is 5.76. The lowest BCUT2D eigenvalue weighted by Crippen LogP contribution is -2.30. The summed E-state index contributed by atoms with van der Waals surface area (Å²) in [5, 5.41) is 0.874. The van der Waals surface area contributed by atoms with Gasteiger partial charge in [-0.1, -0.05) is 41.9 Å². The van der Waals surface area contributed by atoms with E-state index in [0.717, 1.165) is 31.1 Å². The van der Waals surface area contributed by atoms with E-state index >= 15 is 0 Å². The maximum absolute atomic E-state index is 6.26. The molecule has 2 aromatic carbocycles. The quantitative estimate of drug-likeness (QED) is 0.784. The Hall–Kier alpha value is -1.31. The average molecular weight is 286 g/mol. The van der Waals surface area contributed by atoms with Gasteiger partial charge in [0.1, 0.15) is 0 Å². The Bertz CT molecular complexity index is 633. The van der Waals surface area contributed by atoms with Gasteiger partial charge < -0.3 is 0 Å². The Morgan fingerprint density at radius 3 is 2.50 bits per heavy atom. The molecule has 3 rings (SSSR count). The molecule has 0 aromatic heterocycles. The third-order valence-corrected chi connectivity index (χ3v) is 4.63. The largest absolute Gasteiger partial charge is 0.294 e. The lowest BCUT2D eigenvalue weighted by atomic mass is 9.94. The van der Waals surface area contributed by atoms with E-state index in [2.05, 4.69) is 43.0 Å². The van der Waals surface area contributed by atoms with Crippen LogP contribution in [-0.2, 0) is 19.5 Å². The zero-order valence-corrected chi connectivity index (χ0v) is 12.9. The molecule has 0 fully saturated rings. The number of halogens is 1. The van der Waals surface area contributed by atoms with Crippen molar-refractivity contribution in [3.05, 3.63) is 69.2 Å². The monoisotopic (exact) mass is 285 g/mol. The molecule has 0 aliphatic carbocycles. The van der Waals surface area contributed by atoms with Gasteiger partial charge in [0.15, 0.2) is 0 Å². The van der Waals surface area contributed by atoms with Gasteiger partial charge in [0.05, 0.1) is 0 Å². The standard InChI is InChI=1S/C18H20ClN/c1-13-9-15-7-8-20(12-17(15)10-14(13)2)11-16-5-3-4-6-18(16)19/h3-6,9-10H,7-8,11-12H2,1-2H3. The van der Waals surface area contributed by atoms with Gasteiger partial charge in [-0.3, -0.25) is 4.90 Å². The Balaban J connectivity index is 1.79. The Morgan fingerprint density at radius 1 is 1.05 bits per heavy atom. The van der Waals surface area contributed by atoms with Crippen LogP contribution in [0.3, 0.4) is 0 Å². The molecule has 1 aliphatic heterocycles. The van der Waals surface area contributed by atoms with Crippen LogP contribution < -0.4 is 0 Å². The number of benzene rings is 2. The molecule has 1 nitrogen and oxygen atoms in total. The molecule has 0 bridgehead atoms. The highest BCUT2D eigenvalue weighted by Crippen LogP contribution is 2.25. The van der Waals surface area contributed by atoms with Gasteiger partial charge in [0.2, 0.25) is 0 Å². The highest BCUT2D eigenvalue weighted by atomic mass is 35.5.